The summed E-state index contributed by atoms with van der Waals surface area (Å²) >= 11 is 0. The van der Waals surface area contributed by atoms with Crippen molar-refractivity contribution in [2.24, 2.45) is 5.92 Å². The molecule has 0 unspecified atom stereocenters. The van der Waals surface area contributed by atoms with E-state index in [1.165, 1.54) is 12.8 Å². The lowest BCUT2D eigenvalue weighted by molar-refractivity contribution is -0.120. The molecule has 12 heteroatoms. The van der Waals surface area contributed by atoms with Crippen molar-refractivity contribution in [2.45, 2.75) is 66.0 Å². The van der Waals surface area contributed by atoms with Crippen LogP contribution in [0.2, 0.25) is 0 Å². The summed E-state index contributed by atoms with van der Waals surface area (Å²) in [5.41, 5.74) is 0.842. The highest BCUT2D eigenvalue weighted by atomic mass is 16.6. The molecule has 0 aliphatic carbocycles. The fourth-order valence-electron chi connectivity index (χ4n) is 3.42. The Morgan fingerprint density at radius 2 is 1.12 bits per heavy atom. The molecular formula is C29H55N3O9. The normalized spacial score (nSPS) is 11.6. The Labute approximate surface area is 246 Å². The zero-order chi connectivity index (χ0) is 29.6. The number of hydrogen-bond acceptors (Lipinski definition) is 11. The van der Waals surface area contributed by atoms with Crippen LogP contribution >= 0.6 is 0 Å². The Kier molecular flexibility index (Phi) is 26.2. The molecule has 0 aromatic carbocycles. The van der Waals surface area contributed by atoms with Crippen molar-refractivity contribution in [3.05, 3.63) is 11.9 Å². The molecule has 41 heavy (non-hydrogen) atoms. The summed E-state index contributed by atoms with van der Waals surface area (Å²) < 4.78 is 45.6. The lowest BCUT2D eigenvalue weighted by Gasteiger charge is -2.08. The minimum absolute atomic E-state index is 0.217. The molecular weight excluding hydrogens is 534 g/mol. The lowest BCUT2D eigenvalue weighted by atomic mass is 10.1. The number of aromatic nitrogens is 3. The lowest BCUT2D eigenvalue weighted by Crippen LogP contribution is -2.15. The SMILES string of the molecule is CCC(=O)CCOCCOCCOCCOCCOCCOCCOCCOCc1cn(CCCCC(C)C)nn1. The summed E-state index contributed by atoms with van der Waals surface area (Å²) in [4.78, 5) is 11.1. The van der Waals surface area contributed by atoms with Crippen LogP contribution < -0.4 is 0 Å². The van der Waals surface area contributed by atoms with Gasteiger partial charge in [0.15, 0.2) is 0 Å². The molecule has 240 valence electrons. The van der Waals surface area contributed by atoms with Gasteiger partial charge >= 0.3 is 0 Å². The summed E-state index contributed by atoms with van der Waals surface area (Å²) in [7, 11) is 0. The quantitative estimate of drug-likeness (QED) is 0.115. The van der Waals surface area contributed by atoms with Gasteiger partial charge in [0.1, 0.15) is 11.5 Å². The van der Waals surface area contributed by atoms with Gasteiger partial charge in [0.2, 0.25) is 0 Å². The molecule has 0 amide bonds. The number of carbonyl (C=O) groups is 1. The first-order chi connectivity index (χ1) is 20.1. The van der Waals surface area contributed by atoms with E-state index in [0.717, 1.165) is 24.6 Å². The predicted octanol–water partition coefficient (Wildman–Crippen LogP) is 3.11. The summed E-state index contributed by atoms with van der Waals surface area (Å²) in [6.07, 6.45) is 6.57. The minimum atomic E-state index is 0.217. The van der Waals surface area contributed by atoms with E-state index in [9.17, 15) is 4.79 Å². The zero-order valence-electron chi connectivity index (χ0n) is 25.7. The summed E-state index contributed by atoms with van der Waals surface area (Å²) in [6.45, 7) is 15.2. The smallest absolute Gasteiger partial charge is 0.134 e. The van der Waals surface area contributed by atoms with Gasteiger partial charge in [-0.1, -0.05) is 38.8 Å². The van der Waals surface area contributed by atoms with E-state index >= 15 is 0 Å². The van der Waals surface area contributed by atoms with Crippen molar-refractivity contribution in [3.63, 3.8) is 0 Å². The van der Waals surface area contributed by atoms with Crippen molar-refractivity contribution in [2.75, 3.05) is 99.1 Å². The molecule has 0 radical (unpaired) electrons. The third-order valence-corrected chi connectivity index (χ3v) is 5.78. The van der Waals surface area contributed by atoms with E-state index in [4.69, 9.17) is 37.9 Å². The van der Waals surface area contributed by atoms with Crippen LogP contribution in [0.25, 0.3) is 0 Å². The maximum Gasteiger partial charge on any atom is 0.134 e. The Balaban J connectivity index is 1.71. The molecule has 0 aliphatic rings. The number of ketones is 1. The monoisotopic (exact) mass is 589 g/mol. The third kappa shape index (κ3) is 25.9. The molecule has 0 fully saturated rings. The number of rotatable bonds is 32. The molecule has 1 rings (SSSR count). The number of hydrogen-bond donors (Lipinski definition) is 0. The number of ether oxygens (including phenoxy) is 8. The molecule has 0 aliphatic heterocycles. The molecule has 1 aromatic rings. The first-order valence-electron chi connectivity index (χ1n) is 15.1. The van der Waals surface area contributed by atoms with E-state index in [0.29, 0.717) is 119 Å². The Morgan fingerprint density at radius 3 is 1.56 bits per heavy atom. The largest absolute Gasteiger partial charge is 0.379 e. The number of Topliss-reactive ketones (excluding diaryl/α,β-unsaturated/α-hetero) is 1. The number of nitrogens with zero attached hydrogens (tertiary/aromatic N) is 3. The highest BCUT2D eigenvalue weighted by molar-refractivity contribution is 5.78. The van der Waals surface area contributed by atoms with Crippen LogP contribution in [-0.4, -0.2) is 120 Å². The topological polar surface area (TPSA) is 122 Å². The summed E-state index contributed by atoms with van der Waals surface area (Å²) in [5.74, 6) is 0.965. The molecule has 0 N–H and O–H groups in total. The summed E-state index contributed by atoms with van der Waals surface area (Å²) in [6, 6.07) is 0. The van der Waals surface area contributed by atoms with Crippen molar-refractivity contribution in [1.82, 2.24) is 15.0 Å². The number of aryl methyl sites for hydroxylation is 1. The zero-order valence-corrected chi connectivity index (χ0v) is 25.7. The highest BCUT2D eigenvalue weighted by Crippen LogP contribution is 2.07. The number of carbonyl (C=O) groups excluding carboxylic acids is 1. The van der Waals surface area contributed by atoms with Crippen LogP contribution in [0.5, 0.6) is 0 Å². The maximum absolute atomic E-state index is 11.1. The molecule has 1 aromatic heterocycles. The van der Waals surface area contributed by atoms with E-state index in [1.807, 2.05) is 17.8 Å². The van der Waals surface area contributed by atoms with Gasteiger partial charge in [-0.3, -0.25) is 9.48 Å². The van der Waals surface area contributed by atoms with Crippen molar-refractivity contribution >= 4 is 5.78 Å². The first kappa shape index (κ1) is 37.5. The van der Waals surface area contributed by atoms with Crippen molar-refractivity contribution in [3.8, 4) is 0 Å². The second-order valence-corrected chi connectivity index (χ2v) is 9.84. The molecule has 1 heterocycles. The Bertz CT molecular complexity index is 707. The van der Waals surface area contributed by atoms with Gasteiger partial charge in [-0.2, -0.15) is 0 Å². The minimum Gasteiger partial charge on any atom is -0.379 e. The second-order valence-electron chi connectivity index (χ2n) is 9.84. The molecule has 0 atom stereocenters. The van der Waals surface area contributed by atoms with Crippen LogP contribution in [0.4, 0.5) is 0 Å². The van der Waals surface area contributed by atoms with Gasteiger partial charge in [0, 0.05) is 19.4 Å². The van der Waals surface area contributed by atoms with Gasteiger partial charge in [0.05, 0.1) is 112 Å². The van der Waals surface area contributed by atoms with Crippen LogP contribution in [0.3, 0.4) is 0 Å². The average molecular weight is 590 g/mol. The van der Waals surface area contributed by atoms with E-state index in [2.05, 4.69) is 24.2 Å². The molecule has 0 bridgehead atoms. The first-order valence-corrected chi connectivity index (χ1v) is 15.1. The van der Waals surface area contributed by atoms with Gasteiger partial charge in [-0.25, -0.2) is 0 Å². The standard InChI is InChI=1S/C29H55N3O9/c1-4-29(33)8-10-34-11-12-35-13-14-36-15-16-37-17-18-38-19-20-39-21-22-40-23-24-41-26-28-25-32(31-30-28)9-6-5-7-27(2)3/h25,27H,4-24,26H2,1-3H3. The van der Waals surface area contributed by atoms with Crippen LogP contribution in [0, 0.1) is 5.92 Å². The second kappa shape index (κ2) is 28.6. The van der Waals surface area contributed by atoms with Crippen molar-refractivity contribution < 1.29 is 42.7 Å². The maximum atomic E-state index is 11.1. The summed E-state index contributed by atoms with van der Waals surface area (Å²) in [5, 5.41) is 8.30. The Morgan fingerprint density at radius 1 is 0.683 bits per heavy atom. The van der Waals surface area contributed by atoms with Crippen LogP contribution in [0.1, 0.15) is 58.6 Å². The fourth-order valence-corrected chi connectivity index (χ4v) is 3.42. The van der Waals surface area contributed by atoms with Crippen LogP contribution in [0.15, 0.2) is 6.20 Å². The van der Waals surface area contributed by atoms with Gasteiger partial charge < -0.3 is 37.9 Å². The van der Waals surface area contributed by atoms with Gasteiger partial charge in [-0.05, 0) is 12.3 Å². The third-order valence-electron chi connectivity index (χ3n) is 5.78. The molecule has 0 spiro atoms. The van der Waals surface area contributed by atoms with Gasteiger partial charge in [0.25, 0.3) is 0 Å². The van der Waals surface area contributed by atoms with Gasteiger partial charge in [-0.15, -0.1) is 5.10 Å². The average Bonchev–Trinajstić information content (AvgIpc) is 3.42. The van der Waals surface area contributed by atoms with Crippen molar-refractivity contribution in [1.29, 1.82) is 0 Å². The fraction of sp³-hybridized carbons (Fsp3) is 0.897. The molecule has 12 nitrogen and oxygen atoms in total. The Hall–Kier alpha value is -1.51. The highest BCUT2D eigenvalue weighted by Gasteiger charge is 2.02. The van der Waals surface area contributed by atoms with E-state index in [-0.39, 0.29) is 5.78 Å². The van der Waals surface area contributed by atoms with Crippen LogP contribution in [-0.2, 0) is 55.8 Å². The predicted molar refractivity (Wildman–Crippen MR) is 154 cm³/mol. The molecule has 0 saturated carbocycles. The number of unbranched alkanes of at least 4 members (excludes halogenated alkanes) is 1. The van der Waals surface area contributed by atoms with E-state index in [1.54, 1.807) is 0 Å². The molecule has 0 saturated heterocycles. The van der Waals surface area contributed by atoms with E-state index < -0.39 is 0 Å².